The normalized spacial score (nSPS) is 17.5. The van der Waals surface area contributed by atoms with E-state index in [2.05, 4.69) is 20.4 Å². The zero-order valence-electron chi connectivity index (χ0n) is 13.4. The predicted molar refractivity (Wildman–Crippen MR) is 93.9 cm³/mol. The molecule has 0 unspecified atom stereocenters. The van der Waals surface area contributed by atoms with Gasteiger partial charge in [-0.2, -0.15) is 5.10 Å². The molecule has 1 N–H and O–H groups in total. The van der Waals surface area contributed by atoms with Gasteiger partial charge in [0.25, 0.3) is 0 Å². The highest BCUT2D eigenvalue weighted by Crippen LogP contribution is 2.25. The van der Waals surface area contributed by atoms with Crippen LogP contribution >= 0.6 is 11.6 Å². The first-order valence-corrected chi connectivity index (χ1v) is 8.41. The van der Waals surface area contributed by atoms with E-state index in [1.807, 2.05) is 25.1 Å². The predicted octanol–water partition coefficient (Wildman–Crippen LogP) is 3.37. The Bertz CT molecular complexity index is 873. The molecule has 7 heteroatoms. The van der Waals surface area contributed by atoms with Gasteiger partial charge < -0.3 is 10.1 Å². The molecular formula is C17H18ClN5O. The second-order valence-electron chi connectivity index (χ2n) is 5.97. The van der Waals surface area contributed by atoms with Crippen molar-refractivity contribution >= 4 is 28.5 Å². The van der Waals surface area contributed by atoms with Gasteiger partial charge in [-0.1, -0.05) is 17.7 Å². The molecule has 1 atom stereocenters. The van der Waals surface area contributed by atoms with Crippen LogP contribution in [-0.2, 0) is 4.74 Å². The van der Waals surface area contributed by atoms with E-state index >= 15 is 0 Å². The maximum Gasteiger partial charge on any atom is 0.168 e. The molecule has 0 amide bonds. The monoisotopic (exact) mass is 343 g/mol. The number of ether oxygens (including phenoxy) is 1. The molecule has 124 valence electrons. The number of nitrogens with one attached hydrogen (secondary N) is 1. The summed E-state index contributed by atoms with van der Waals surface area (Å²) in [4.78, 5) is 8.73. The van der Waals surface area contributed by atoms with Gasteiger partial charge in [-0.3, -0.25) is 0 Å². The number of benzene rings is 1. The summed E-state index contributed by atoms with van der Waals surface area (Å²) in [5, 5.41) is 9.41. The molecule has 1 aliphatic rings. The van der Waals surface area contributed by atoms with Gasteiger partial charge in [0.2, 0.25) is 0 Å². The third-order valence-electron chi connectivity index (χ3n) is 4.29. The number of halogens is 1. The van der Waals surface area contributed by atoms with E-state index in [-0.39, 0.29) is 6.10 Å². The second kappa shape index (κ2) is 6.37. The summed E-state index contributed by atoms with van der Waals surface area (Å²) in [7, 11) is 0. The number of anilines is 1. The van der Waals surface area contributed by atoms with E-state index in [9.17, 15) is 0 Å². The largest absolute Gasteiger partial charge is 0.376 e. The molecule has 1 fully saturated rings. The van der Waals surface area contributed by atoms with Crippen molar-refractivity contribution in [2.45, 2.75) is 25.9 Å². The van der Waals surface area contributed by atoms with Crippen molar-refractivity contribution in [3.8, 4) is 5.69 Å². The van der Waals surface area contributed by atoms with Crippen LogP contribution in [0, 0.1) is 6.92 Å². The molecule has 1 aromatic carbocycles. The minimum Gasteiger partial charge on any atom is -0.376 e. The minimum atomic E-state index is 0.251. The lowest BCUT2D eigenvalue weighted by Gasteiger charge is -2.11. The Kier molecular flexibility index (Phi) is 4.08. The van der Waals surface area contributed by atoms with E-state index in [0.717, 1.165) is 54.1 Å². The van der Waals surface area contributed by atoms with Crippen molar-refractivity contribution in [1.82, 2.24) is 19.7 Å². The Morgan fingerprint density at radius 1 is 1.38 bits per heavy atom. The average Bonchev–Trinajstić information content (AvgIpc) is 3.25. The fourth-order valence-corrected chi connectivity index (χ4v) is 3.08. The van der Waals surface area contributed by atoms with E-state index in [1.165, 1.54) is 0 Å². The summed E-state index contributed by atoms with van der Waals surface area (Å²) in [6.07, 6.45) is 5.79. The summed E-state index contributed by atoms with van der Waals surface area (Å²) in [5.74, 6) is 0.778. The number of nitrogens with zero attached hydrogens (tertiary/aromatic N) is 4. The first-order chi connectivity index (χ1) is 11.7. The maximum atomic E-state index is 6.24. The first-order valence-electron chi connectivity index (χ1n) is 8.03. The molecule has 0 radical (unpaired) electrons. The Labute approximate surface area is 144 Å². The Hall–Kier alpha value is -2.18. The zero-order valence-corrected chi connectivity index (χ0v) is 14.1. The van der Waals surface area contributed by atoms with Crippen LogP contribution in [0.4, 0.5) is 5.82 Å². The Morgan fingerprint density at radius 3 is 3.08 bits per heavy atom. The van der Waals surface area contributed by atoms with Crippen molar-refractivity contribution in [2.24, 2.45) is 0 Å². The zero-order chi connectivity index (χ0) is 16.5. The summed E-state index contributed by atoms with van der Waals surface area (Å²) < 4.78 is 7.42. The summed E-state index contributed by atoms with van der Waals surface area (Å²) in [6, 6.07) is 5.85. The van der Waals surface area contributed by atoms with Crippen molar-refractivity contribution in [3.05, 3.63) is 41.3 Å². The minimum absolute atomic E-state index is 0.251. The molecule has 0 bridgehead atoms. The summed E-state index contributed by atoms with van der Waals surface area (Å²) >= 11 is 6.24. The Balaban J connectivity index is 1.66. The molecule has 2 aromatic heterocycles. The summed E-state index contributed by atoms with van der Waals surface area (Å²) in [5.41, 5.74) is 2.66. The highest BCUT2D eigenvalue weighted by molar-refractivity contribution is 6.31. The lowest BCUT2D eigenvalue weighted by molar-refractivity contribution is 0.120. The molecule has 6 nitrogen and oxygen atoms in total. The highest BCUT2D eigenvalue weighted by Gasteiger charge is 2.17. The van der Waals surface area contributed by atoms with Crippen LogP contribution in [-0.4, -0.2) is 39.0 Å². The number of aromatic nitrogens is 4. The van der Waals surface area contributed by atoms with Crippen LogP contribution in [0.15, 0.2) is 30.7 Å². The number of fused-ring (bicyclic) bond motifs is 1. The SMILES string of the molecule is Cc1ccc(-n2ncc3c(NC[C@H]4CCCO4)ncnc32)cc1Cl. The lowest BCUT2D eigenvalue weighted by Crippen LogP contribution is -2.19. The van der Waals surface area contributed by atoms with Gasteiger partial charge in [-0.25, -0.2) is 14.6 Å². The van der Waals surface area contributed by atoms with Gasteiger partial charge in [0.15, 0.2) is 5.65 Å². The van der Waals surface area contributed by atoms with Gasteiger partial charge in [-0.15, -0.1) is 0 Å². The third kappa shape index (κ3) is 2.83. The molecular weight excluding hydrogens is 326 g/mol. The van der Waals surface area contributed by atoms with E-state index in [4.69, 9.17) is 16.3 Å². The van der Waals surface area contributed by atoms with E-state index < -0.39 is 0 Å². The molecule has 1 saturated heterocycles. The molecule has 3 aromatic rings. The van der Waals surface area contributed by atoms with Crippen LogP contribution < -0.4 is 5.32 Å². The van der Waals surface area contributed by atoms with Crippen molar-refractivity contribution in [2.75, 3.05) is 18.5 Å². The van der Waals surface area contributed by atoms with Crippen molar-refractivity contribution in [1.29, 1.82) is 0 Å². The number of hydrogen-bond donors (Lipinski definition) is 1. The van der Waals surface area contributed by atoms with Crippen LogP contribution in [0.1, 0.15) is 18.4 Å². The number of hydrogen-bond acceptors (Lipinski definition) is 5. The van der Waals surface area contributed by atoms with Crippen molar-refractivity contribution in [3.63, 3.8) is 0 Å². The fourth-order valence-electron chi connectivity index (χ4n) is 2.90. The van der Waals surface area contributed by atoms with Gasteiger partial charge in [0.05, 0.1) is 23.4 Å². The Morgan fingerprint density at radius 2 is 2.29 bits per heavy atom. The number of aryl methyl sites for hydroxylation is 1. The van der Waals surface area contributed by atoms with Crippen LogP contribution in [0.3, 0.4) is 0 Å². The van der Waals surface area contributed by atoms with Crippen LogP contribution in [0.5, 0.6) is 0 Å². The van der Waals surface area contributed by atoms with Gasteiger partial charge in [-0.05, 0) is 37.5 Å². The van der Waals surface area contributed by atoms with Crippen molar-refractivity contribution < 1.29 is 4.74 Å². The average molecular weight is 344 g/mol. The van der Waals surface area contributed by atoms with Gasteiger partial charge >= 0.3 is 0 Å². The lowest BCUT2D eigenvalue weighted by atomic mass is 10.2. The van der Waals surface area contributed by atoms with Gasteiger partial charge in [0, 0.05) is 18.2 Å². The molecule has 1 aliphatic heterocycles. The molecule has 4 rings (SSSR count). The highest BCUT2D eigenvalue weighted by atomic mass is 35.5. The fraction of sp³-hybridized carbons (Fsp3) is 0.353. The quantitative estimate of drug-likeness (QED) is 0.786. The van der Waals surface area contributed by atoms with Crippen LogP contribution in [0.25, 0.3) is 16.7 Å². The van der Waals surface area contributed by atoms with E-state index in [1.54, 1.807) is 17.2 Å². The third-order valence-corrected chi connectivity index (χ3v) is 4.69. The maximum absolute atomic E-state index is 6.24. The molecule has 24 heavy (non-hydrogen) atoms. The molecule has 3 heterocycles. The molecule has 0 saturated carbocycles. The first kappa shape index (κ1) is 15.4. The second-order valence-corrected chi connectivity index (χ2v) is 6.37. The van der Waals surface area contributed by atoms with Crippen LogP contribution in [0.2, 0.25) is 5.02 Å². The number of rotatable bonds is 4. The smallest absolute Gasteiger partial charge is 0.168 e. The molecule has 0 aliphatic carbocycles. The van der Waals surface area contributed by atoms with E-state index in [0.29, 0.717) is 5.02 Å². The summed E-state index contributed by atoms with van der Waals surface area (Å²) in [6.45, 7) is 3.56. The van der Waals surface area contributed by atoms with Gasteiger partial charge in [0.1, 0.15) is 12.1 Å². The molecule has 0 spiro atoms. The standard InChI is InChI=1S/C17H18ClN5O/c1-11-4-5-12(7-15(11)18)23-17-14(9-22-23)16(20-10-21-17)19-8-13-3-2-6-24-13/h4-5,7,9-10,13H,2-3,6,8H2,1H3,(H,19,20,21)/t13-/m1/s1. The topological polar surface area (TPSA) is 64.9 Å².